The van der Waals surface area contributed by atoms with Crippen LogP contribution in [0.5, 0.6) is 11.5 Å². The van der Waals surface area contributed by atoms with Crippen LogP contribution in [-0.2, 0) is 10.0 Å². The Morgan fingerprint density at radius 1 is 1.09 bits per heavy atom. The monoisotopic (exact) mass is 498 g/mol. The Morgan fingerprint density at radius 2 is 1.83 bits per heavy atom. The van der Waals surface area contributed by atoms with E-state index in [2.05, 4.69) is 15.2 Å². The lowest BCUT2D eigenvalue weighted by Gasteiger charge is -2.14. The van der Waals surface area contributed by atoms with E-state index in [0.29, 0.717) is 29.2 Å². The number of ether oxygens (including phenoxy) is 1. The Bertz CT molecular complexity index is 1370. The summed E-state index contributed by atoms with van der Waals surface area (Å²) in [7, 11) is -4.21. The number of phenols is 1. The first-order valence-electron chi connectivity index (χ1n) is 10.7. The molecule has 0 aromatic heterocycles. The normalized spacial score (nSPS) is 11.4. The van der Waals surface area contributed by atoms with Crippen LogP contribution in [0.3, 0.4) is 0 Å². The molecule has 3 rings (SSSR count). The number of aryl methyl sites for hydroxylation is 2. The van der Waals surface area contributed by atoms with Crippen molar-refractivity contribution in [2.75, 3.05) is 16.8 Å². The second-order valence-electron chi connectivity index (χ2n) is 7.80. The summed E-state index contributed by atoms with van der Waals surface area (Å²) in [4.78, 5) is 10.2. The van der Waals surface area contributed by atoms with Crippen molar-refractivity contribution >= 4 is 33.3 Å². The molecule has 0 fully saturated rings. The quantitative estimate of drug-likeness (QED) is 0.204. The lowest BCUT2D eigenvalue weighted by Crippen LogP contribution is -2.16. The van der Waals surface area contributed by atoms with Gasteiger partial charge < -0.3 is 9.84 Å². The van der Waals surface area contributed by atoms with Crippen LogP contribution in [0.25, 0.3) is 0 Å². The highest BCUT2D eigenvalue weighted by molar-refractivity contribution is 7.92. The highest BCUT2D eigenvalue weighted by Gasteiger charge is 2.23. The van der Waals surface area contributed by atoms with Gasteiger partial charge in [0.05, 0.1) is 29.1 Å². The van der Waals surface area contributed by atoms with Gasteiger partial charge in [-0.25, -0.2) is 8.42 Å². The lowest BCUT2D eigenvalue weighted by atomic mass is 10.1. The van der Waals surface area contributed by atoms with Crippen molar-refractivity contribution < 1.29 is 23.2 Å². The zero-order valence-electron chi connectivity index (χ0n) is 19.5. The molecule has 35 heavy (non-hydrogen) atoms. The molecule has 0 aliphatic heterocycles. The first-order valence-corrected chi connectivity index (χ1v) is 12.2. The molecule has 0 atom stereocenters. The van der Waals surface area contributed by atoms with E-state index in [4.69, 9.17) is 4.74 Å². The molecule has 0 spiro atoms. The van der Waals surface area contributed by atoms with Crippen molar-refractivity contribution in [3.63, 3.8) is 0 Å². The van der Waals surface area contributed by atoms with Crippen LogP contribution in [0.4, 0.5) is 17.1 Å². The predicted octanol–water partition coefficient (Wildman–Crippen LogP) is 4.95. The maximum Gasteiger partial charge on any atom is 0.270 e. The van der Waals surface area contributed by atoms with Gasteiger partial charge in [0.25, 0.3) is 15.7 Å². The van der Waals surface area contributed by atoms with Crippen LogP contribution in [0.1, 0.15) is 30.0 Å². The number of rotatable bonds is 10. The van der Waals surface area contributed by atoms with Gasteiger partial charge in [-0.3, -0.25) is 20.3 Å². The van der Waals surface area contributed by atoms with Crippen molar-refractivity contribution in [3.8, 4) is 11.5 Å². The smallest absolute Gasteiger partial charge is 0.270 e. The summed E-state index contributed by atoms with van der Waals surface area (Å²) in [5.74, 6) is 0.438. The van der Waals surface area contributed by atoms with E-state index in [1.165, 1.54) is 24.4 Å². The largest absolute Gasteiger partial charge is 0.507 e. The lowest BCUT2D eigenvalue weighted by molar-refractivity contribution is -0.385. The predicted molar refractivity (Wildman–Crippen MR) is 135 cm³/mol. The molecular formula is C24H26N4O6S. The van der Waals surface area contributed by atoms with Gasteiger partial charge in [0, 0.05) is 23.8 Å². The van der Waals surface area contributed by atoms with Crippen LogP contribution in [0.2, 0.25) is 0 Å². The maximum absolute atomic E-state index is 13.2. The van der Waals surface area contributed by atoms with E-state index in [-0.39, 0.29) is 22.0 Å². The van der Waals surface area contributed by atoms with Crippen LogP contribution >= 0.6 is 0 Å². The molecule has 0 heterocycles. The van der Waals surface area contributed by atoms with Gasteiger partial charge >= 0.3 is 0 Å². The van der Waals surface area contributed by atoms with E-state index < -0.39 is 14.9 Å². The number of nitro groups is 1. The Hall–Kier alpha value is -4.12. The van der Waals surface area contributed by atoms with E-state index >= 15 is 0 Å². The van der Waals surface area contributed by atoms with Crippen LogP contribution in [0, 0.1) is 24.0 Å². The molecule has 3 N–H and O–H groups in total. The number of hydrogen-bond acceptors (Lipinski definition) is 8. The highest BCUT2D eigenvalue weighted by atomic mass is 32.2. The summed E-state index contributed by atoms with van der Waals surface area (Å²) < 4.78 is 34.3. The minimum atomic E-state index is -4.21. The van der Waals surface area contributed by atoms with Crippen LogP contribution in [0.15, 0.2) is 64.6 Å². The van der Waals surface area contributed by atoms with Gasteiger partial charge in [-0.05, 0) is 50.1 Å². The molecule has 3 aromatic carbocycles. The maximum atomic E-state index is 13.2. The molecule has 0 unspecified atom stereocenters. The molecule has 0 saturated heterocycles. The molecule has 11 heteroatoms. The number of non-ortho nitro benzene ring substituents is 1. The first-order chi connectivity index (χ1) is 16.6. The summed E-state index contributed by atoms with van der Waals surface area (Å²) in [6.45, 7) is 6.13. The van der Waals surface area contributed by atoms with Gasteiger partial charge in [-0.15, -0.1) is 0 Å². The highest BCUT2D eigenvalue weighted by Crippen LogP contribution is 2.29. The van der Waals surface area contributed by atoms with Gasteiger partial charge in [0.2, 0.25) is 0 Å². The number of benzene rings is 3. The van der Waals surface area contributed by atoms with Gasteiger partial charge in [0.15, 0.2) is 0 Å². The number of hydrazone groups is 1. The zero-order valence-corrected chi connectivity index (χ0v) is 20.3. The third kappa shape index (κ3) is 6.48. The Labute approximate surface area is 203 Å². The van der Waals surface area contributed by atoms with E-state index in [0.717, 1.165) is 18.1 Å². The molecule has 0 bridgehead atoms. The number of nitrogens with one attached hydrogen (secondary N) is 2. The molecule has 0 saturated carbocycles. The van der Waals surface area contributed by atoms with Crippen LogP contribution in [-0.4, -0.2) is 31.3 Å². The fourth-order valence-electron chi connectivity index (χ4n) is 3.18. The van der Waals surface area contributed by atoms with Gasteiger partial charge in [-0.1, -0.05) is 24.6 Å². The number of nitro benzene ring substituents is 1. The third-order valence-electron chi connectivity index (χ3n) is 4.96. The van der Waals surface area contributed by atoms with Crippen molar-refractivity contribution in [1.82, 2.24) is 0 Å². The number of anilines is 2. The molecule has 3 aromatic rings. The fourth-order valence-corrected chi connectivity index (χ4v) is 4.49. The molecule has 0 radical (unpaired) electrons. The summed E-state index contributed by atoms with van der Waals surface area (Å²) in [5, 5.41) is 25.5. The summed E-state index contributed by atoms with van der Waals surface area (Å²) in [5.41, 5.74) is 4.62. The van der Waals surface area contributed by atoms with Crippen LogP contribution < -0.4 is 14.9 Å². The third-order valence-corrected chi connectivity index (χ3v) is 6.36. The topological polar surface area (TPSA) is 143 Å². The van der Waals surface area contributed by atoms with Crippen molar-refractivity contribution in [3.05, 3.63) is 81.4 Å². The fraction of sp³-hybridized carbons (Fsp3) is 0.208. The second-order valence-corrected chi connectivity index (χ2v) is 9.45. The summed E-state index contributed by atoms with van der Waals surface area (Å²) in [6, 6.07) is 13.3. The summed E-state index contributed by atoms with van der Waals surface area (Å²) in [6.07, 6.45) is 2.13. The number of nitrogens with zero attached hydrogens (tertiary/aromatic N) is 2. The molecule has 10 nitrogen and oxygen atoms in total. The second kappa shape index (κ2) is 10.9. The molecule has 0 amide bonds. The molecule has 184 valence electrons. The van der Waals surface area contributed by atoms with Crippen molar-refractivity contribution in [2.45, 2.75) is 32.1 Å². The Kier molecular flexibility index (Phi) is 7.92. The minimum Gasteiger partial charge on any atom is -0.507 e. The van der Waals surface area contributed by atoms with Crippen molar-refractivity contribution in [1.29, 1.82) is 0 Å². The molecular weight excluding hydrogens is 472 g/mol. The van der Waals surface area contributed by atoms with Gasteiger partial charge in [-0.2, -0.15) is 5.10 Å². The minimum absolute atomic E-state index is 0.0199. The van der Waals surface area contributed by atoms with Crippen molar-refractivity contribution in [2.24, 2.45) is 5.10 Å². The Morgan fingerprint density at radius 3 is 2.49 bits per heavy atom. The average Bonchev–Trinajstić information content (AvgIpc) is 2.80. The SMILES string of the molecule is CCCOc1ccc(C=NNc2ccc([N+](=O)[O-])cc2S(=O)(=O)Nc2ccc(C)cc2C)c(O)c1. The van der Waals surface area contributed by atoms with Gasteiger partial charge in [0.1, 0.15) is 16.4 Å². The molecule has 0 aliphatic rings. The average molecular weight is 499 g/mol. The number of aromatic hydroxyl groups is 1. The zero-order chi connectivity index (χ0) is 25.6. The number of sulfonamides is 1. The number of hydrogen-bond donors (Lipinski definition) is 3. The molecule has 0 aliphatic carbocycles. The number of phenolic OH excluding ortho intramolecular Hbond substituents is 1. The first kappa shape index (κ1) is 25.5. The summed E-state index contributed by atoms with van der Waals surface area (Å²) >= 11 is 0. The standard InChI is InChI=1S/C24H26N4O6S/c1-4-11-34-20-8-6-18(23(29)14-20)15-25-26-22-10-7-19(28(30)31)13-24(22)35(32,33)27-21-9-5-16(2)12-17(21)3/h5-10,12-15,26-27,29H,4,11H2,1-3H3. The Balaban J connectivity index is 1.89. The van der Waals surface area contributed by atoms with E-state index in [1.807, 2.05) is 19.9 Å². The van der Waals surface area contributed by atoms with E-state index in [1.54, 1.807) is 31.2 Å². The van der Waals surface area contributed by atoms with E-state index in [9.17, 15) is 23.6 Å².